The van der Waals surface area contributed by atoms with Crippen LogP contribution in [-0.2, 0) is 0 Å². The molecule has 146 valence electrons. The average Bonchev–Trinajstić information content (AvgIpc) is 2.79. The van der Waals surface area contributed by atoms with Gasteiger partial charge in [0, 0.05) is 17.1 Å². The highest BCUT2D eigenvalue weighted by atomic mass is 16.6. The molecular formula is C25H18N2O3. The van der Waals surface area contributed by atoms with Crippen molar-refractivity contribution in [3.8, 4) is 17.6 Å². The highest BCUT2D eigenvalue weighted by molar-refractivity contribution is 5.90. The van der Waals surface area contributed by atoms with Gasteiger partial charge in [-0.3, -0.25) is 4.98 Å². The van der Waals surface area contributed by atoms with Crippen LogP contribution >= 0.6 is 0 Å². The van der Waals surface area contributed by atoms with Crippen molar-refractivity contribution >= 4 is 22.7 Å². The fraction of sp³-hybridized carbons (Fsp3) is 0.0400. The van der Waals surface area contributed by atoms with Crippen LogP contribution in [0.5, 0.6) is 5.75 Å². The molecule has 0 bridgehead atoms. The number of carbonyl (C=O) groups excluding carboxylic acids is 1. The van der Waals surface area contributed by atoms with Gasteiger partial charge >= 0.3 is 6.09 Å². The van der Waals surface area contributed by atoms with E-state index in [-0.39, 0.29) is 0 Å². The third-order valence-electron chi connectivity index (χ3n) is 4.36. The number of hydrogen-bond acceptors (Lipinski definition) is 4. The van der Waals surface area contributed by atoms with Gasteiger partial charge in [-0.05, 0) is 42.3 Å². The largest absolute Gasteiger partial charge is 0.422 e. The smallest absolute Gasteiger partial charge is 0.410 e. The molecule has 30 heavy (non-hydrogen) atoms. The molecule has 1 amide bonds. The average molecular weight is 394 g/mol. The molecule has 5 nitrogen and oxygen atoms in total. The minimum atomic E-state index is -1.41. The summed E-state index contributed by atoms with van der Waals surface area (Å²) in [5.74, 6) is 5.99. The summed E-state index contributed by atoms with van der Waals surface area (Å²) in [5.41, 5.74) is 1.97. The van der Waals surface area contributed by atoms with Gasteiger partial charge < -0.3 is 9.84 Å². The Balaban J connectivity index is 1.61. The number of rotatable bonds is 3. The molecule has 0 saturated heterocycles. The van der Waals surface area contributed by atoms with Gasteiger partial charge in [-0.1, -0.05) is 60.5 Å². The number of nitrogens with zero attached hydrogens (tertiary/aromatic N) is 2. The first-order valence-electron chi connectivity index (χ1n) is 9.36. The van der Waals surface area contributed by atoms with Gasteiger partial charge in [-0.25, -0.2) is 9.69 Å². The second-order valence-electron chi connectivity index (χ2n) is 6.45. The fourth-order valence-electron chi connectivity index (χ4n) is 2.93. The predicted octanol–water partition coefficient (Wildman–Crippen LogP) is 4.61. The lowest BCUT2D eigenvalue weighted by Crippen LogP contribution is -2.41. The van der Waals surface area contributed by atoms with Crippen LogP contribution in [0.4, 0.5) is 10.5 Å². The topological polar surface area (TPSA) is 62.7 Å². The summed E-state index contributed by atoms with van der Waals surface area (Å²) in [6.07, 6.45) is -0.502. The number of fused-ring (bicyclic) bond motifs is 1. The zero-order chi connectivity index (χ0) is 20.8. The van der Waals surface area contributed by atoms with E-state index in [1.54, 1.807) is 54.7 Å². The van der Waals surface area contributed by atoms with Crippen molar-refractivity contribution in [2.75, 3.05) is 4.90 Å². The minimum absolute atomic E-state index is 0.377. The monoisotopic (exact) mass is 394 g/mol. The van der Waals surface area contributed by atoms with Crippen molar-refractivity contribution in [3.63, 3.8) is 0 Å². The summed E-state index contributed by atoms with van der Waals surface area (Å²) in [7, 11) is 0. The molecule has 4 rings (SSSR count). The van der Waals surface area contributed by atoms with Crippen molar-refractivity contribution in [2.45, 2.75) is 6.23 Å². The Hall–Kier alpha value is -4.14. The maximum absolute atomic E-state index is 12.8. The van der Waals surface area contributed by atoms with E-state index in [0.717, 1.165) is 15.8 Å². The minimum Gasteiger partial charge on any atom is -0.410 e. The van der Waals surface area contributed by atoms with E-state index < -0.39 is 12.3 Å². The second kappa shape index (κ2) is 8.91. The molecule has 0 spiro atoms. The standard InChI is InChI=1S/C25H18N2O3/c28-24(16-15-19-17-20-9-7-8-14-23(20)26-18-19)27(21-10-3-1-4-11-21)25(29)30-22-12-5-2-6-13-22/h1-14,17-18,24,28H. The van der Waals surface area contributed by atoms with Gasteiger partial charge in [0.15, 0.2) is 0 Å². The van der Waals surface area contributed by atoms with Crippen LogP contribution in [0.25, 0.3) is 10.9 Å². The molecule has 0 aliphatic rings. The molecule has 0 saturated carbocycles. The van der Waals surface area contributed by atoms with E-state index in [1.807, 2.05) is 42.5 Å². The van der Waals surface area contributed by atoms with Crippen LogP contribution in [0.1, 0.15) is 5.56 Å². The van der Waals surface area contributed by atoms with Crippen LogP contribution in [0.2, 0.25) is 0 Å². The van der Waals surface area contributed by atoms with E-state index in [1.165, 1.54) is 0 Å². The van der Waals surface area contributed by atoms with Crippen LogP contribution in [-0.4, -0.2) is 22.4 Å². The van der Waals surface area contributed by atoms with Crippen LogP contribution in [0, 0.1) is 11.8 Å². The van der Waals surface area contributed by atoms with Crippen LogP contribution in [0.3, 0.4) is 0 Å². The molecule has 1 N–H and O–H groups in total. The first kappa shape index (κ1) is 19.2. The Labute approximate surface area is 174 Å². The summed E-state index contributed by atoms with van der Waals surface area (Å²) in [6.45, 7) is 0. The molecular weight excluding hydrogens is 376 g/mol. The highest BCUT2D eigenvalue weighted by Crippen LogP contribution is 2.19. The summed E-state index contributed by atoms with van der Waals surface area (Å²) < 4.78 is 5.41. The number of anilines is 1. The molecule has 0 aliphatic heterocycles. The van der Waals surface area contributed by atoms with E-state index in [9.17, 15) is 9.90 Å². The van der Waals surface area contributed by atoms with Crippen LogP contribution < -0.4 is 9.64 Å². The summed E-state index contributed by atoms with van der Waals surface area (Å²) >= 11 is 0. The number of aromatic nitrogens is 1. The summed E-state index contributed by atoms with van der Waals surface area (Å²) in [4.78, 5) is 18.3. The van der Waals surface area contributed by atoms with Crippen molar-refractivity contribution in [2.24, 2.45) is 0 Å². The maximum atomic E-state index is 12.8. The number of aliphatic hydroxyl groups is 1. The Kier molecular flexibility index (Phi) is 5.70. The molecule has 5 heteroatoms. The zero-order valence-corrected chi connectivity index (χ0v) is 16.0. The van der Waals surface area contributed by atoms with E-state index in [2.05, 4.69) is 16.8 Å². The number of amides is 1. The number of aliphatic hydroxyl groups excluding tert-OH is 1. The number of ether oxygens (including phenoxy) is 1. The quantitative estimate of drug-likeness (QED) is 0.407. The summed E-state index contributed by atoms with van der Waals surface area (Å²) in [6, 6.07) is 27.0. The number of pyridine rings is 1. The molecule has 1 aromatic heterocycles. The van der Waals surface area contributed by atoms with Gasteiger partial charge in [0.2, 0.25) is 6.23 Å². The van der Waals surface area contributed by atoms with Crippen molar-refractivity contribution < 1.29 is 14.6 Å². The Morgan fingerprint density at radius 1 is 0.933 bits per heavy atom. The van der Waals surface area contributed by atoms with Crippen molar-refractivity contribution in [1.29, 1.82) is 0 Å². The van der Waals surface area contributed by atoms with Gasteiger partial charge in [0.25, 0.3) is 0 Å². The number of para-hydroxylation sites is 3. The first-order valence-corrected chi connectivity index (χ1v) is 9.36. The molecule has 0 radical (unpaired) electrons. The Morgan fingerprint density at radius 2 is 1.60 bits per heavy atom. The normalized spacial score (nSPS) is 11.2. The molecule has 0 fully saturated rings. The van der Waals surface area contributed by atoms with E-state index in [4.69, 9.17) is 4.74 Å². The van der Waals surface area contributed by atoms with Gasteiger partial charge in [-0.15, -0.1) is 0 Å². The molecule has 3 aromatic carbocycles. The number of carbonyl (C=O) groups is 1. The number of benzene rings is 3. The van der Waals surface area contributed by atoms with Crippen molar-refractivity contribution in [3.05, 3.63) is 103 Å². The lowest BCUT2D eigenvalue weighted by molar-refractivity contribution is 0.179. The molecule has 0 aliphatic carbocycles. The number of hydrogen-bond donors (Lipinski definition) is 1. The van der Waals surface area contributed by atoms with Gasteiger partial charge in [0.1, 0.15) is 5.75 Å². The molecule has 1 atom stereocenters. The fourth-order valence-corrected chi connectivity index (χ4v) is 2.93. The third kappa shape index (κ3) is 4.46. The SMILES string of the molecule is O=C(Oc1ccccc1)N(c1ccccc1)C(O)C#Cc1cnc2ccccc2c1. The zero-order valence-electron chi connectivity index (χ0n) is 16.0. The molecule has 1 unspecified atom stereocenters. The Bertz CT molecular complexity index is 1210. The van der Waals surface area contributed by atoms with Gasteiger partial charge in [0.05, 0.1) is 11.2 Å². The van der Waals surface area contributed by atoms with Crippen molar-refractivity contribution in [1.82, 2.24) is 4.98 Å². The predicted molar refractivity (Wildman–Crippen MR) is 116 cm³/mol. The van der Waals surface area contributed by atoms with E-state index >= 15 is 0 Å². The molecule has 4 aromatic rings. The molecule has 1 heterocycles. The summed E-state index contributed by atoms with van der Waals surface area (Å²) in [5, 5.41) is 11.7. The maximum Gasteiger partial charge on any atom is 0.422 e. The highest BCUT2D eigenvalue weighted by Gasteiger charge is 2.24. The second-order valence-corrected chi connectivity index (χ2v) is 6.45. The third-order valence-corrected chi connectivity index (χ3v) is 4.36. The lowest BCUT2D eigenvalue weighted by atomic mass is 10.1. The Morgan fingerprint density at radius 3 is 2.37 bits per heavy atom. The first-order chi connectivity index (χ1) is 14.7. The van der Waals surface area contributed by atoms with Crippen LogP contribution in [0.15, 0.2) is 97.2 Å². The lowest BCUT2D eigenvalue weighted by Gasteiger charge is -2.24. The van der Waals surface area contributed by atoms with Gasteiger partial charge in [-0.2, -0.15) is 0 Å². The van der Waals surface area contributed by atoms with E-state index in [0.29, 0.717) is 17.0 Å².